The van der Waals surface area contributed by atoms with Crippen molar-refractivity contribution in [1.82, 2.24) is 10.2 Å². The van der Waals surface area contributed by atoms with Gasteiger partial charge in [0.2, 0.25) is 0 Å². The minimum absolute atomic E-state index is 0.770. The molecule has 1 aromatic rings. The van der Waals surface area contributed by atoms with Gasteiger partial charge < -0.3 is 15.0 Å². The Kier molecular flexibility index (Phi) is 6.80. The van der Waals surface area contributed by atoms with Gasteiger partial charge in [-0.15, -0.1) is 11.3 Å². The summed E-state index contributed by atoms with van der Waals surface area (Å²) in [6.07, 6.45) is 3.58. The first kappa shape index (κ1) is 16.6. The van der Waals surface area contributed by atoms with Crippen molar-refractivity contribution in [1.29, 1.82) is 0 Å². The fourth-order valence-electron chi connectivity index (χ4n) is 2.51. The van der Waals surface area contributed by atoms with Crippen molar-refractivity contribution in [2.24, 2.45) is 10.9 Å². The third-order valence-corrected chi connectivity index (χ3v) is 5.07. The Labute approximate surface area is 136 Å². The van der Waals surface area contributed by atoms with Crippen LogP contribution in [0.4, 0.5) is 0 Å². The van der Waals surface area contributed by atoms with Crippen LogP contribution in [0.15, 0.2) is 17.1 Å². The molecule has 1 aromatic heterocycles. The maximum atomic E-state index is 5.95. The Bertz CT molecular complexity index is 458. The summed E-state index contributed by atoms with van der Waals surface area (Å²) in [6.45, 7) is 3.63. The van der Waals surface area contributed by atoms with Gasteiger partial charge >= 0.3 is 0 Å². The summed E-state index contributed by atoms with van der Waals surface area (Å²) in [5.74, 6) is 1.72. The van der Waals surface area contributed by atoms with E-state index in [1.54, 1.807) is 11.3 Å². The summed E-state index contributed by atoms with van der Waals surface area (Å²) in [6, 6.07) is 3.98. The van der Waals surface area contributed by atoms with Crippen LogP contribution in [-0.4, -0.2) is 44.7 Å². The van der Waals surface area contributed by atoms with Gasteiger partial charge in [0, 0.05) is 38.7 Å². The van der Waals surface area contributed by atoms with Crippen LogP contribution in [0.3, 0.4) is 0 Å². The van der Waals surface area contributed by atoms with Crippen molar-refractivity contribution in [3.8, 4) is 0 Å². The van der Waals surface area contributed by atoms with E-state index in [-0.39, 0.29) is 0 Å². The van der Waals surface area contributed by atoms with Crippen molar-refractivity contribution in [3.05, 3.63) is 21.3 Å². The van der Waals surface area contributed by atoms with E-state index >= 15 is 0 Å². The first-order valence-electron chi connectivity index (χ1n) is 7.42. The van der Waals surface area contributed by atoms with Gasteiger partial charge in [-0.25, -0.2) is 0 Å². The van der Waals surface area contributed by atoms with Gasteiger partial charge in [0.1, 0.15) is 0 Å². The normalized spacial score (nSPS) is 17.0. The Hall–Kier alpha value is -0.780. The van der Waals surface area contributed by atoms with Crippen LogP contribution in [-0.2, 0) is 11.3 Å². The van der Waals surface area contributed by atoms with Gasteiger partial charge in [-0.05, 0) is 37.3 Å². The number of hydrogen-bond donors (Lipinski definition) is 1. The zero-order chi connectivity index (χ0) is 15.1. The number of nitrogens with one attached hydrogen (secondary N) is 1. The molecule has 0 radical (unpaired) electrons. The minimum atomic E-state index is 0.770. The fourth-order valence-corrected chi connectivity index (χ4v) is 3.54. The molecule has 0 spiro atoms. The summed E-state index contributed by atoms with van der Waals surface area (Å²) in [7, 11) is 3.92. The van der Waals surface area contributed by atoms with Crippen LogP contribution >= 0.6 is 22.9 Å². The van der Waals surface area contributed by atoms with Crippen molar-refractivity contribution >= 4 is 28.9 Å². The van der Waals surface area contributed by atoms with Gasteiger partial charge in [-0.2, -0.15) is 0 Å². The Morgan fingerprint density at radius 3 is 2.86 bits per heavy atom. The van der Waals surface area contributed by atoms with Crippen molar-refractivity contribution in [2.75, 3.05) is 33.9 Å². The lowest BCUT2D eigenvalue weighted by Crippen LogP contribution is -2.39. The van der Waals surface area contributed by atoms with Crippen molar-refractivity contribution < 1.29 is 4.74 Å². The highest BCUT2D eigenvalue weighted by molar-refractivity contribution is 7.16. The number of nitrogens with zero attached hydrogens (tertiary/aromatic N) is 2. The quantitative estimate of drug-likeness (QED) is 0.665. The predicted octanol–water partition coefficient (Wildman–Crippen LogP) is 3.23. The number of aliphatic imine (C=N–C) groups is 1. The number of thiophene rings is 1. The molecule has 1 N–H and O–H groups in total. The molecule has 4 nitrogen and oxygen atoms in total. The molecule has 1 aliphatic rings. The SMILES string of the molecule is CN=C(NCc1ccc(Cl)s1)N(C)CCC1CCOCC1. The molecule has 0 bridgehead atoms. The summed E-state index contributed by atoms with van der Waals surface area (Å²) in [4.78, 5) is 7.77. The molecule has 6 heteroatoms. The maximum Gasteiger partial charge on any atom is 0.193 e. The lowest BCUT2D eigenvalue weighted by atomic mass is 9.96. The topological polar surface area (TPSA) is 36.9 Å². The van der Waals surface area contributed by atoms with Crippen molar-refractivity contribution in [3.63, 3.8) is 0 Å². The van der Waals surface area contributed by atoms with Gasteiger partial charge in [-0.3, -0.25) is 4.99 Å². The number of ether oxygens (including phenoxy) is 1. The van der Waals surface area contributed by atoms with E-state index in [0.29, 0.717) is 0 Å². The number of rotatable bonds is 5. The first-order valence-corrected chi connectivity index (χ1v) is 8.62. The van der Waals surface area contributed by atoms with Crippen LogP contribution in [0.2, 0.25) is 4.34 Å². The zero-order valence-electron chi connectivity index (χ0n) is 12.8. The van der Waals surface area contributed by atoms with E-state index in [4.69, 9.17) is 16.3 Å². The highest BCUT2D eigenvalue weighted by Crippen LogP contribution is 2.21. The molecule has 1 aliphatic heterocycles. The predicted molar refractivity (Wildman–Crippen MR) is 90.3 cm³/mol. The van der Waals surface area contributed by atoms with E-state index in [1.165, 1.54) is 24.1 Å². The van der Waals surface area contributed by atoms with E-state index in [1.807, 2.05) is 13.1 Å². The summed E-state index contributed by atoms with van der Waals surface area (Å²) in [5.41, 5.74) is 0. The average molecular weight is 330 g/mol. The second-order valence-electron chi connectivity index (χ2n) is 5.37. The van der Waals surface area contributed by atoms with Gasteiger partial charge in [-0.1, -0.05) is 11.6 Å². The molecule has 0 amide bonds. The van der Waals surface area contributed by atoms with Gasteiger partial charge in [0.15, 0.2) is 5.96 Å². The highest BCUT2D eigenvalue weighted by atomic mass is 35.5. The Balaban J connectivity index is 1.74. The highest BCUT2D eigenvalue weighted by Gasteiger charge is 2.15. The lowest BCUT2D eigenvalue weighted by molar-refractivity contribution is 0.0625. The van der Waals surface area contributed by atoms with Crippen LogP contribution in [0, 0.1) is 5.92 Å². The minimum Gasteiger partial charge on any atom is -0.381 e. The first-order chi connectivity index (χ1) is 10.2. The van der Waals surface area contributed by atoms with Gasteiger partial charge in [0.25, 0.3) is 0 Å². The summed E-state index contributed by atoms with van der Waals surface area (Å²) in [5, 5.41) is 3.39. The smallest absolute Gasteiger partial charge is 0.193 e. The molecule has 118 valence electrons. The largest absolute Gasteiger partial charge is 0.381 e. The molecule has 2 rings (SSSR count). The van der Waals surface area contributed by atoms with Crippen LogP contribution in [0.1, 0.15) is 24.1 Å². The average Bonchev–Trinajstić information content (AvgIpc) is 2.92. The molecule has 0 aliphatic carbocycles. The fraction of sp³-hybridized carbons (Fsp3) is 0.667. The Morgan fingerprint density at radius 1 is 1.48 bits per heavy atom. The van der Waals surface area contributed by atoms with E-state index in [9.17, 15) is 0 Å². The summed E-state index contributed by atoms with van der Waals surface area (Å²) >= 11 is 7.55. The third-order valence-electron chi connectivity index (χ3n) is 3.84. The molecule has 2 heterocycles. The molecule has 0 atom stereocenters. The summed E-state index contributed by atoms with van der Waals surface area (Å²) < 4.78 is 6.23. The van der Waals surface area contributed by atoms with Crippen LogP contribution < -0.4 is 5.32 Å². The van der Waals surface area contributed by atoms with E-state index in [2.05, 4.69) is 28.3 Å². The molecule has 1 saturated heterocycles. The molecule has 1 fully saturated rings. The maximum absolute atomic E-state index is 5.95. The molecule has 0 unspecified atom stereocenters. The van der Waals surface area contributed by atoms with Crippen LogP contribution in [0.25, 0.3) is 0 Å². The molecule has 21 heavy (non-hydrogen) atoms. The van der Waals surface area contributed by atoms with E-state index in [0.717, 1.165) is 42.5 Å². The number of hydrogen-bond acceptors (Lipinski definition) is 3. The number of guanidine groups is 1. The Morgan fingerprint density at radius 2 is 2.24 bits per heavy atom. The molecule has 0 saturated carbocycles. The monoisotopic (exact) mass is 329 g/mol. The molecular formula is C15H24ClN3OS. The molecular weight excluding hydrogens is 306 g/mol. The van der Waals surface area contributed by atoms with Crippen molar-refractivity contribution in [2.45, 2.75) is 25.8 Å². The van der Waals surface area contributed by atoms with E-state index < -0.39 is 0 Å². The second kappa shape index (κ2) is 8.61. The van der Waals surface area contributed by atoms with Gasteiger partial charge in [0.05, 0.1) is 10.9 Å². The van der Waals surface area contributed by atoms with Crippen LogP contribution in [0.5, 0.6) is 0 Å². The third kappa shape index (κ3) is 5.49. The standard InChI is InChI=1S/C15H24ClN3OS/c1-17-15(18-11-13-3-4-14(16)21-13)19(2)8-5-12-6-9-20-10-7-12/h3-4,12H,5-11H2,1-2H3,(H,17,18). The second-order valence-corrected chi connectivity index (χ2v) is 7.17. The number of halogens is 1. The zero-order valence-corrected chi connectivity index (χ0v) is 14.3. The molecule has 0 aromatic carbocycles. The lowest BCUT2D eigenvalue weighted by Gasteiger charge is -2.26.